The first-order valence-electron chi connectivity index (χ1n) is 6.72. The first-order chi connectivity index (χ1) is 8.04. The van der Waals surface area contributed by atoms with Crippen molar-refractivity contribution in [2.45, 2.75) is 38.6 Å². The number of amides is 1. The number of hydrogen-bond acceptors (Lipinski definition) is 3. The molecule has 4 nitrogen and oxygen atoms in total. The third-order valence-corrected chi connectivity index (χ3v) is 3.41. The van der Waals surface area contributed by atoms with Gasteiger partial charge in [-0.1, -0.05) is 0 Å². The molecule has 1 aliphatic rings. The van der Waals surface area contributed by atoms with Crippen molar-refractivity contribution < 1.29 is 4.79 Å². The molecule has 0 aliphatic heterocycles. The van der Waals surface area contributed by atoms with E-state index < -0.39 is 0 Å². The smallest absolute Gasteiger partial charge is 0.224 e. The van der Waals surface area contributed by atoms with Crippen LogP contribution in [-0.4, -0.2) is 55.5 Å². The third-order valence-electron chi connectivity index (χ3n) is 3.41. The summed E-state index contributed by atoms with van der Waals surface area (Å²) in [5.74, 6) is 0.838. The average Bonchev–Trinajstić information content (AvgIpc) is 3.07. The Kier molecular flexibility index (Phi) is 5.92. The lowest BCUT2D eigenvalue weighted by Crippen LogP contribution is -2.37. The van der Waals surface area contributed by atoms with E-state index in [1.165, 1.54) is 12.8 Å². The van der Waals surface area contributed by atoms with Crippen molar-refractivity contribution in [2.75, 3.05) is 33.7 Å². The summed E-state index contributed by atoms with van der Waals surface area (Å²) >= 11 is 0. The minimum Gasteiger partial charge on any atom is -0.343 e. The molecular formula is C13H27N3O. The summed E-state index contributed by atoms with van der Waals surface area (Å²) in [5.41, 5.74) is 5.99. The Morgan fingerprint density at radius 3 is 2.47 bits per heavy atom. The van der Waals surface area contributed by atoms with Crippen LogP contribution in [0.4, 0.5) is 0 Å². The van der Waals surface area contributed by atoms with Gasteiger partial charge in [-0.25, -0.2) is 0 Å². The van der Waals surface area contributed by atoms with Crippen LogP contribution in [0.25, 0.3) is 0 Å². The van der Waals surface area contributed by atoms with Gasteiger partial charge in [-0.15, -0.1) is 0 Å². The minimum atomic E-state index is 0.0883. The molecule has 0 aromatic heterocycles. The zero-order valence-electron chi connectivity index (χ0n) is 11.5. The molecule has 1 saturated carbocycles. The van der Waals surface area contributed by atoms with Gasteiger partial charge in [0.25, 0.3) is 0 Å². The molecule has 0 bridgehead atoms. The summed E-state index contributed by atoms with van der Waals surface area (Å²) in [6.45, 7) is 4.71. The fraction of sp³-hybridized carbons (Fsp3) is 0.923. The maximum Gasteiger partial charge on any atom is 0.224 e. The first-order valence-corrected chi connectivity index (χ1v) is 6.72. The predicted octanol–water partition coefficient (Wildman–Crippen LogP) is 0.914. The zero-order valence-corrected chi connectivity index (χ0v) is 11.5. The van der Waals surface area contributed by atoms with E-state index in [0.717, 1.165) is 26.1 Å². The van der Waals surface area contributed by atoms with Crippen molar-refractivity contribution in [1.29, 1.82) is 0 Å². The highest BCUT2D eigenvalue weighted by Crippen LogP contribution is 2.32. The Bertz CT molecular complexity index is 239. The molecular weight excluding hydrogens is 214 g/mol. The van der Waals surface area contributed by atoms with E-state index in [1.807, 2.05) is 11.8 Å². The maximum absolute atomic E-state index is 12.0. The SMILES string of the molecule is CCN(CCCN(C)C)C(=O)CC(N)C1CC1. The van der Waals surface area contributed by atoms with Crippen molar-refractivity contribution in [3.05, 3.63) is 0 Å². The van der Waals surface area contributed by atoms with Crippen molar-refractivity contribution in [3.8, 4) is 0 Å². The molecule has 17 heavy (non-hydrogen) atoms. The molecule has 1 atom stereocenters. The van der Waals surface area contributed by atoms with Gasteiger partial charge in [0.15, 0.2) is 0 Å². The van der Waals surface area contributed by atoms with Gasteiger partial charge in [-0.3, -0.25) is 4.79 Å². The number of nitrogens with zero attached hydrogens (tertiary/aromatic N) is 2. The maximum atomic E-state index is 12.0. The summed E-state index contributed by atoms with van der Waals surface area (Å²) < 4.78 is 0. The fourth-order valence-corrected chi connectivity index (χ4v) is 2.06. The lowest BCUT2D eigenvalue weighted by molar-refractivity contribution is -0.131. The van der Waals surface area contributed by atoms with Gasteiger partial charge in [-0.2, -0.15) is 0 Å². The molecule has 1 fully saturated rings. The first kappa shape index (κ1) is 14.5. The molecule has 100 valence electrons. The average molecular weight is 241 g/mol. The molecule has 0 heterocycles. The van der Waals surface area contributed by atoms with Gasteiger partial charge >= 0.3 is 0 Å². The molecule has 1 rings (SSSR count). The Morgan fingerprint density at radius 2 is 2.00 bits per heavy atom. The molecule has 0 spiro atoms. The second-order valence-corrected chi connectivity index (χ2v) is 5.34. The Balaban J connectivity index is 2.24. The molecule has 0 aromatic carbocycles. The van der Waals surface area contributed by atoms with Gasteiger partial charge < -0.3 is 15.5 Å². The van der Waals surface area contributed by atoms with Crippen molar-refractivity contribution in [1.82, 2.24) is 9.80 Å². The van der Waals surface area contributed by atoms with Gasteiger partial charge in [-0.05, 0) is 52.7 Å². The van der Waals surface area contributed by atoms with E-state index in [9.17, 15) is 4.79 Å². The fourth-order valence-electron chi connectivity index (χ4n) is 2.06. The van der Waals surface area contributed by atoms with Gasteiger partial charge in [0.05, 0.1) is 0 Å². The summed E-state index contributed by atoms with van der Waals surface area (Å²) in [6, 6.07) is 0.0883. The highest BCUT2D eigenvalue weighted by atomic mass is 16.2. The van der Waals surface area contributed by atoms with Crippen molar-refractivity contribution in [2.24, 2.45) is 11.7 Å². The number of carbonyl (C=O) groups excluding carboxylic acids is 1. The van der Waals surface area contributed by atoms with Gasteiger partial charge in [0.1, 0.15) is 0 Å². The standard InChI is InChI=1S/C13H27N3O/c1-4-16(9-5-8-15(2)3)13(17)10-12(14)11-6-7-11/h11-12H,4-10,14H2,1-3H3. The van der Waals surface area contributed by atoms with Crippen LogP contribution in [0.3, 0.4) is 0 Å². The van der Waals surface area contributed by atoms with E-state index in [2.05, 4.69) is 19.0 Å². The quantitative estimate of drug-likeness (QED) is 0.687. The largest absolute Gasteiger partial charge is 0.343 e. The van der Waals surface area contributed by atoms with Crippen LogP contribution in [0.5, 0.6) is 0 Å². The van der Waals surface area contributed by atoms with E-state index in [-0.39, 0.29) is 11.9 Å². The molecule has 0 aromatic rings. The zero-order chi connectivity index (χ0) is 12.8. The highest BCUT2D eigenvalue weighted by molar-refractivity contribution is 5.76. The summed E-state index contributed by atoms with van der Waals surface area (Å²) in [4.78, 5) is 16.1. The van der Waals surface area contributed by atoms with Crippen molar-refractivity contribution >= 4 is 5.91 Å². The molecule has 1 unspecified atom stereocenters. The lowest BCUT2D eigenvalue weighted by atomic mass is 10.1. The number of nitrogens with two attached hydrogens (primary N) is 1. The van der Waals surface area contributed by atoms with E-state index >= 15 is 0 Å². The molecule has 0 saturated heterocycles. The molecule has 2 N–H and O–H groups in total. The molecule has 1 aliphatic carbocycles. The van der Waals surface area contributed by atoms with Gasteiger partial charge in [0.2, 0.25) is 5.91 Å². The predicted molar refractivity (Wildman–Crippen MR) is 70.7 cm³/mol. The molecule has 4 heteroatoms. The Hall–Kier alpha value is -0.610. The van der Waals surface area contributed by atoms with Crippen LogP contribution in [0.15, 0.2) is 0 Å². The lowest BCUT2D eigenvalue weighted by Gasteiger charge is -2.23. The monoisotopic (exact) mass is 241 g/mol. The van der Waals surface area contributed by atoms with E-state index in [1.54, 1.807) is 0 Å². The van der Waals surface area contributed by atoms with Crippen LogP contribution in [0.1, 0.15) is 32.6 Å². The highest BCUT2D eigenvalue weighted by Gasteiger charge is 2.30. The topological polar surface area (TPSA) is 49.6 Å². The van der Waals surface area contributed by atoms with Crippen LogP contribution < -0.4 is 5.73 Å². The molecule has 1 amide bonds. The second kappa shape index (κ2) is 6.97. The molecule has 0 radical (unpaired) electrons. The normalized spacial score (nSPS) is 17.2. The Morgan fingerprint density at radius 1 is 1.35 bits per heavy atom. The van der Waals surface area contributed by atoms with Crippen molar-refractivity contribution in [3.63, 3.8) is 0 Å². The summed E-state index contributed by atoms with van der Waals surface area (Å²) in [7, 11) is 4.11. The number of rotatable bonds is 8. The minimum absolute atomic E-state index is 0.0883. The van der Waals surface area contributed by atoms with E-state index in [4.69, 9.17) is 5.73 Å². The summed E-state index contributed by atoms with van der Waals surface area (Å²) in [5, 5.41) is 0. The number of hydrogen-bond donors (Lipinski definition) is 1. The Labute approximate surface area is 105 Å². The van der Waals surface area contributed by atoms with Crippen LogP contribution >= 0.6 is 0 Å². The van der Waals surface area contributed by atoms with Crippen LogP contribution in [0, 0.1) is 5.92 Å². The van der Waals surface area contributed by atoms with E-state index in [0.29, 0.717) is 12.3 Å². The van der Waals surface area contributed by atoms with Crippen LogP contribution in [-0.2, 0) is 4.79 Å². The van der Waals surface area contributed by atoms with Gasteiger partial charge in [0, 0.05) is 25.6 Å². The summed E-state index contributed by atoms with van der Waals surface area (Å²) in [6.07, 6.45) is 3.98. The second-order valence-electron chi connectivity index (χ2n) is 5.34. The number of carbonyl (C=O) groups is 1. The van der Waals surface area contributed by atoms with Crippen LogP contribution in [0.2, 0.25) is 0 Å². The third kappa shape index (κ3) is 5.50.